The minimum Gasteiger partial charge on any atom is -0.492 e. The Bertz CT molecular complexity index is 943. The first kappa shape index (κ1) is 19.1. The Hall–Kier alpha value is -3.26. The number of carbonyl (C=O) groups is 1. The summed E-state index contributed by atoms with van der Waals surface area (Å²) >= 11 is 0. The van der Waals surface area contributed by atoms with Crippen LogP contribution in [0.3, 0.4) is 0 Å². The number of nitrogens with zero attached hydrogens (tertiary/aromatic N) is 4. The number of carbonyl (C=O) groups excluding carboxylic acids is 1. The predicted octanol–water partition coefficient (Wildman–Crippen LogP) is 2.29. The molecule has 0 unspecified atom stereocenters. The van der Waals surface area contributed by atoms with Gasteiger partial charge in [0.05, 0.1) is 30.8 Å². The fourth-order valence-corrected chi connectivity index (χ4v) is 3.47. The van der Waals surface area contributed by atoms with Gasteiger partial charge >= 0.3 is 0 Å². The Labute approximate surface area is 168 Å². The molecule has 8 heteroatoms. The van der Waals surface area contributed by atoms with Crippen molar-refractivity contribution in [1.29, 1.82) is 0 Å². The van der Waals surface area contributed by atoms with Crippen molar-refractivity contribution in [2.24, 2.45) is 5.92 Å². The Balaban J connectivity index is 1.33. The molecule has 1 aliphatic rings. The molecule has 3 aromatic rings. The van der Waals surface area contributed by atoms with Crippen LogP contribution in [0, 0.1) is 5.92 Å². The van der Waals surface area contributed by atoms with E-state index in [4.69, 9.17) is 4.74 Å². The molecule has 0 aliphatic carbocycles. The van der Waals surface area contributed by atoms with Gasteiger partial charge in [-0.25, -0.2) is 0 Å². The van der Waals surface area contributed by atoms with E-state index in [1.54, 1.807) is 30.7 Å². The van der Waals surface area contributed by atoms with Gasteiger partial charge in [-0.15, -0.1) is 0 Å². The number of aliphatic hydroxyl groups excluding tert-OH is 1. The van der Waals surface area contributed by atoms with E-state index in [0.717, 1.165) is 24.2 Å². The second-order valence-corrected chi connectivity index (χ2v) is 7.13. The predicted molar refractivity (Wildman–Crippen MR) is 106 cm³/mol. The van der Waals surface area contributed by atoms with E-state index in [2.05, 4.69) is 20.2 Å². The summed E-state index contributed by atoms with van der Waals surface area (Å²) in [5.74, 6) is 0.852. The molecule has 2 N–H and O–H groups in total. The SMILES string of the molecule is O=C(c1cc(CO)ccn1)N1CCC[C@@H](COc2ccc(-c3ccn[nH]3)nc2)C1. The molecule has 0 radical (unpaired) electrons. The van der Waals surface area contributed by atoms with E-state index in [9.17, 15) is 9.90 Å². The summed E-state index contributed by atoms with van der Waals surface area (Å²) in [4.78, 5) is 23.1. The second-order valence-electron chi connectivity index (χ2n) is 7.13. The number of ether oxygens (including phenoxy) is 1. The van der Waals surface area contributed by atoms with E-state index in [1.807, 2.05) is 23.1 Å². The molecule has 0 saturated carbocycles. The molecule has 4 heterocycles. The molecule has 3 aromatic heterocycles. The smallest absolute Gasteiger partial charge is 0.272 e. The lowest BCUT2D eigenvalue weighted by atomic mass is 9.98. The standard InChI is InChI=1S/C21H23N5O3/c27-13-15-5-7-22-20(10-15)21(28)26-9-1-2-16(12-26)14-29-17-3-4-18(23-11-17)19-6-8-24-25-19/h3-8,10-11,16,27H,1-2,9,12-14H2,(H,24,25)/t16-/m1/s1. The molecule has 1 atom stereocenters. The van der Waals surface area contributed by atoms with Crippen LogP contribution in [0.4, 0.5) is 0 Å². The minimum atomic E-state index is -0.105. The zero-order valence-electron chi connectivity index (χ0n) is 16.0. The third-order valence-electron chi connectivity index (χ3n) is 5.03. The van der Waals surface area contributed by atoms with Gasteiger partial charge in [-0.05, 0) is 48.7 Å². The number of rotatable bonds is 6. The fourth-order valence-electron chi connectivity index (χ4n) is 3.47. The number of aromatic amines is 1. The van der Waals surface area contributed by atoms with Crippen LogP contribution in [-0.4, -0.2) is 55.8 Å². The van der Waals surface area contributed by atoms with Crippen LogP contribution in [0.5, 0.6) is 5.75 Å². The third-order valence-corrected chi connectivity index (χ3v) is 5.03. The lowest BCUT2D eigenvalue weighted by Crippen LogP contribution is -2.41. The summed E-state index contributed by atoms with van der Waals surface area (Å²) in [7, 11) is 0. The second kappa shape index (κ2) is 8.83. The molecular formula is C21H23N5O3. The molecule has 150 valence electrons. The van der Waals surface area contributed by atoms with Crippen molar-refractivity contribution in [3.05, 3.63) is 60.2 Å². The number of aromatic nitrogens is 4. The third kappa shape index (κ3) is 4.60. The molecule has 29 heavy (non-hydrogen) atoms. The van der Waals surface area contributed by atoms with Gasteiger partial charge in [0.25, 0.3) is 5.91 Å². The maximum atomic E-state index is 12.8. The summed E-state index contributed by atoms with van der Waals surface area (Å²) in [6.07, 6.45) is 6.88. The zero-order valence-corrected chi connectivity index (χ0v) is 16.0. The van der Waals surface area contributed by atoms with Crippen molar-refractivity contribution in [3.8, 4) is 17.1 Å². The first-order chi connectivity index (χ1) is 14.2. The summed E-state index contributed by atoms with van der Waals surface area (Å²) in [6, 6.07) is 8.99. The molecule has 1 aliphatic heterocycles. The highest BCUT2D eigenvalue weighted by molar-refractivity contribution is 5.92. The minimum absolute atomic E-state index is 0.101. The number of aliphatic hydroxyl groups is 1. The maximum Gasteiger partial charge on any atom is 0.272 e. The topological polar surface area (TPSA) is 104 Å². The molecular weight excluding hydrogens is 370 g/mol. The molecule has 1 saturated heterocycles. The number of piperidine rings is 1. The summed E-state index contributed by atoms with van der Waals surface area (Å²) < 4.78 is 5.91. The highest BCUT2D eigenvalue weighted by Gasteiger charge is 2.25. The van der Waals surface area contributed by atoms with Gasteiger partial charge in [-0.3, -0.25) is 19.9 Å². The van der Waals surface area contributed by atoms with Crippen LogP contribution in [0.1, 0.15) is 28.9 Å². The molecule has 0 spiro atoms. The van der Waals surface area contributed by atoms with E-state index in [1.165, 1.54) is 0 Å². The molecule has 1 fully saturated rings. The number of likely N-dealkylation sites (tertiary alicyclic amines) is 1. The molecule has 0 aromatic carbocycles. The van der Waals surface area contributed by atoms with Gasteiger partial charge in [-0.2, -0.15) is 5.10 Å². The van der Waals surface area contributed by atoms with Gasteiger partial charge in [0, 0.05) is 31.4 Å². The number of hydrogen-bond acceptors (Lipinski definition) is 6. The van der Waals surface area contributed by atoms with Gasteiger partial charge < -0.3 is 14.7 Å². The van der Waals surface area contributed by atoms with Crippen molar-refractivity contribution in [2.45, 2.75) is 19.4 Å². The van der Waals surface area contributed by atoms with Crippen LogP contribution in [0.25, 0.3) is 11.4 Å². The summed E-state index contributed by atoms with van der Waals surface area (Å²) in [5.41, 5.74) is 2.72. The average molecular weight is 393 g/mol. The lowest BCUT2D eigenvalue weighted by Gasteiger charge is -2.32. The summed E-state index contributed by atoms with van der Waals surface area (Å²) in [5, 5.41) is 16.1. The van der Waals surface area contributed by atoms with Crippen LogP contribution in [0.2, 0.25) is 0 Å². The van der Waals surface area contributed by atoms with Crippen molar-refractivity contribution in [2.75, 3.05) is 19.7 Å². The average Bonchev–Trinajstić information content (AvgIpc) is 3.33. The monoisotopic (exact) mass is 393 g/mol. The van der Waals surface area contributed by atoms with Gasteiger partial charge in [0.2, 0.25) is 0 Å². The Morgan fingerprint density at radius 2 is 2.17 bits per heavy atom. The van der Waals surface area contributed by atoms with E-state index >= 15 is 0 Å². The Morgan fingerprint density at radius 3 is 2.93 bits per heavy atom. The Kier molecular flexibility index (Phi) is 5.81. The van der Waals surface area contributed by atoms with Crippen molar-refractivity contribution < 1.29 is 14.6 Å². The zero-order chi connectivity index (χ0) is 20.1. The Morgan fingerprint density at radius 1 is 1.24 bits per heavy atom. The van der Waals surface area contributed by atoms with E-state index in [-0.39, 0.29) is 18.4 Å². The number of pyridine rings is 2. The summed E-state index contributed by atoms with van der Waals surface area (Å²) in [6.45, 7) is 1.76. The first-order valence-electron chi connectivity index (χ1n) is 9.66. The first-order valence-corrected chi connectivity index (χ1v) is 9.66. The van der Waals surface area contributed by atoms with Crippen LogP contribution in [-0.2, 0) is 6.61 Å². The number of hydrogen-bond donors (Lipinski definition) is 2. The van der Waals surface area contributed by atoms with Gasteiger partial charge in [0.15, 0.2) is 0 Å². The van der Waals surface area contributed by atoms with E-state index in [0.29, 0.717) is 36.7 Å². The number of amides is 1. The largest absolute Gasteiger partial charge is 0.492 e. The number of nitrogens with one attached hydrogen (secondary N) is 1. The van der Waals surface area contributed by atoms with Crippen LogP contribution >= 0.6 is 0 Å². The van der Waals surface area contributed by atoms with E-state index < -0.39 is 0 Å². The van der Waals surface area contributed by atoms with Gasteiger partial charge in [0.1, 0.15) is 11.4 Å². The highest BCUT2D eigenvalue weighted by atomic mass is 16.5. The van der Waals surface area contributed by atoms with Crippen molar-refractivity contribution in [3.63, 3.8) is 0 Å². The molecule has 4 rings (SSSR count). The van der Waals surface area contributed by atoms with Crippen molar-refractivity contribution in [1.82, 2.24) is 25.1 Å². The normalized spacial score (nSPS) is 16.6. The van der Waals surface area contributed by atoms with Crippen LogP contribution < -0.4 is 4.74 Å². The van der Waals surface area contributed by atoms with Gasteiger partial charge in [-0.1, -0.05) is 0 Å². The lowest BCUT2D eigenvalue weighted by molar-refractivity contribution is 0.0627. The quantitative estimate of drug-likeness (QED) is 0.666. The van der Waals surface area contributed by atoms with Crippen LogP contribution in [0.15, 0.2) is 48.9 Å². The fraction of sp³-hybridized carbons (Fsp3) is 0.333. The maximum absolute atomic E-state index is 12.8. The molecule has 1 amide bonds. The van der Waals surface area contributed by atoms with Crippen molar-refractivity contribution >= 4 is 5.91 Å². The molecule has 0 bridgehead atoms. The molecule has 8 nitrogen and oxygen atoms in total. The number of H-pyrrole nitrogens is 1. The highest BCUT2D eigenvalue weighted by Crippen LogP contribution is 2.21.